The van der Waals surface area contributed by atoms with Gasteiger partial charge in [0, 0.05) is 12.6 Å². The van der Waals surface area contributed by atoms with E-state index in [4.69, 9.17) is 10.00 Å². The van der Waals surface area contributed by atoms with Crippen molar-refractivity contribution >= 4 is 0 Å². The Balaban J connectivity index is 2.18. The van der Waals surface area contributed by atoms with Gasteiger partial charge in [0.25, 0.3) is 0 Å². The predicted octanol–water partition coefficient (Wildman–Crippen LogP) is 2.39. The van der Waals surface area contributed by atoms with Crippen LogP contribution in [0.4, 0.5) is 0 Å². The van der Waals surface area contributed by atoms with E-state index in [0.29, 0.717) is 11.6 Å². The molecule has 1 heterocycles. The second-order valence-corrected chi connectivity index (χ2v) is 4.72. The van der Waals surface area contributed by atoms with Crippen molar-refractivity contribution in [2.24, 2.45) is 0 Å². The topological polar surface area (TPSA) is 45.0 Å². The third-order valence-corrected chi connectivity index (χ3v) is 3.12. The summed E-state index contributed by atoms with van der Waals surface area (Å²) in [5, 5.41) is 12.4. The first-order valence-electron chi connectivity index (χ1n) is 6.08. The number of hydrogen-bond donors (Lipinski definition) is 1. The van der Waals surface area contributed by atoms with Crippen LogP contribution < -0.4 is 5.32 Å². The Bertz CT molecular complexity index is 424. The van der Waals surface area contributed by atoms with E-state index < -0.39 is 0 Å². The number of nitrogens with one attached hydrogen (secondary N) is 1. The van der Waals surface area contributed by atoms with Crippen molar-refractivity contribution in [3.8, 4) is 6.07 Å². The summed E-state index contributed by atoms with van der Waals surface area (Å²) in [6.45, 7) is 5.08. The molecule has 3 heteroatoms. The third kappa shape index (κ3) is 3.06. The molecule has 1 aliphatic heterocycles. The zero-order chi connectivity index (χ0) is 12.3. The van der Waals surface area contributed by atoms with E-state index in [1.54, 1.807) is 0 Å². The van der Waals surface area contributed by atoms with E-state index in [2.05, 4.69) is 25.2 Å². The van der Waals surface area contributed by atoms with Gasteiger partial charge in [-0.3, -0.25) is 0 Å². The number of hydrogen-bond acceptors (Lipinski definition) is 3. The van der Waals surface area contributed by atoms with E-state index in [0.717, 1.165) is 18.5 Å². The third-order valence-electron chi connectivity index (χ3n) is 3.12. The van der Waals surface area contributed by atoms with E-state index in [1.807, 2.05) is 24.3 Å². The Labute approximate surface area is 102 Å². The molecule has 3 nitrogen and oxygen atoms in total. The number of rotatable bonds is 1. The first-order valence-corrected chi connectivity index (χ1v) is 6.08. The molecule has 1 saturated heterocycles. The van der Waals surface area contributed by atoms with Crippen LogP contribution in [0.5, 0.6) is 0 Å². The second-order valence-electron chi connectivity index (χ2n) is 4.72. The van der Waals surface area contributed by atoms with Crippen LogP contribution in [0, 0.1) is 11.3 Å². The Morgan fingerprint density at radius 2 is 2.24 bits per heavy atom. The van der Waals surface area contributed by atoms with Gasteiger partial charge in [-0.25, -0.2) is 0 Å². The summed E-state index contributed by atoms with van der Waals surface area (Å²) in [6, 6.07) is 10.3. The van der Waals surface area contributed by atoms with Crippen LogP contribution in [0.1, 0.15) is 37.5 Å². The van der Waals surface area contributed by atoms with Gasteiger partial charge in [-0.15, -0.1) is 0 Å². The first kappa shape index (κ1) is 12.1. The van der Waals surface area contributed by atoms with E-state index in [9.17, 15) is 0 Å². The number of benzene rings is 1. The quantitative estimate of drug-likeness (QED) is 0.805. The summed E-state index contributed by atoms with van der Waals surface area (Å²) in [7, 11) is 0. The highest BCUT2D eigenvalue weighted by Gasteiger charge is 2.22. The standard InChI is InChI=1S/C14H18N2O/c1-10-6-11(2)17-14(9-16-10)13-5-3-4-12(7-13)8-15/h3-5,7,10-11,14,16H,6,9H2,1-2H3. The maximum Gasteiger partial charge on any atom is 0.0991 e. The zero-order valence-corrected chi connectivity index (χ0v) is 10.3. The van der Waals surface area contributed by atoms with Crippen LogP contribution in [-0.2, 0) is 4.74 Å². The highest BCUT2D eigenvalue weighted by Crippen LogP contribution is 2.23. The van der Waals surface area contributed by atoms with Gasteiger partial charge in [0.15, 0.2) is 0 Å². The molecule has 1 aliphatic rings. The molecule has 1 aromatic carbocycles. The number of ether oxygens (including phenoxy) is 1. The molecule has 90 valence electrons. The molecule has 0 aliphatic carbocycles. The van der Waals surface area contributed by atoms with E-state index in [-0.39, 0.29) is 12.2 Å². The highest BCUT2D eigenvalue weighted by molar-refractivity contribution is 5.34. The summed E-state index contributed by atoms with van der Waals surface area (Å²) < 4.78 is 6.00. The largest absolute Gasteiger partial charge is 0.369 e. The molecule has 2 rings (SSSR count). The lowest BCUT2D eigenvalue weighted by atomic mass is 10.1. The van der Waals surface area contributed by atoms with Gasteiger partial charge < -0.3 is 10.1 Å². The van der Waals surface area contributed by atoms with Crippen LogP contribution in [0.25, 0.3) is 0 Å². The van der Waals surface area contributed by atoms with Crippen LogP contribution in [0.15, 0.2) is 24.3 Å². The Morgan fingerprint density at radius 3 is 3.00 bits per heavy atom. The van der Waals surface area contributed by atoms with Crippen LogP contribution >= 0.6 is 0 Å². The zero-order valence-electron chi connectivity index (χ0n) is 10.3. The maximum absolute atomic E-state index is 8.90. The molecule has 1 N–H and O–H groups in total. The van der Waals surface area contributed by atoms with Crippen molar-refractivity contribution in [2.45, 2.75) is 38.5 Å². The second kappa shape index (κ2) is 5.31. The molecule has 0 spiro atoms. The van der Waals surface area contributed by atoms with E-state index >= 15 is 0 Å². The highest BCUT2D eigenvalue weighted by atomic mass is 16.5. The SMILES string of the molecule is CC1CC(C)OC(c2cccc(C#N)c2)CN1. The van der Waals surface area contributed by atoms with Crippen molar-refractivity contribution in [3.63, 3.8) is 0 Å². The average molecular weight is 230 g/mol. The lowest BCUT2D eigenvalue weighted by Gasteiger charge is -2.19. The molecular formula is C14H18N2O. The molecule has 17 heavy (non-hydrogen) atoms. The smallest absolute Gasteiger partial charge is 0.0991 e. The fraction of sp³-hybridized carbons (Fsp3) is 0.500. The molecule has 3 atom stereocenters. The van der Waals surface area contributed by atoms with Crippen molar-refractivity contribution in [3.05, 3.63) is 35.4 Å². The van der Waals surface area contributed by atoms with Gasteiger partial charge in [-0.2, -0.15) is 5.26 Å². The summed E-state index contributed by atoms with van der Waals surface area (Å²) in [5.74, 6) is 0. The fourth-order valence-electron chi connectivity index (χ4n) is 2.28. The molecular weight excluding hydrogens is 212 g/mol. The average Bonchev–Trinajstić information content (AvgIpc) is 2.50. The van der Waals surface area contributed by atoms with Crippen molar-refractivity contribution in [1.82, 2.24) is 5.32 Å². The summed E-state index contributed by atoms with van der Waals surface area (Å²) in [5.41, 5.74) is 1.77. The van der Waals surface area contributed by atoms with E-state index in [1.165, 1.54) is 0 Å². The fourth-order valence-corrected chi connectivity index (χ4v) is 2.28. The molecule has 3 unspecified atom stereocenters. The van der Waals surface area contributed by atoms with Crippen molar-refractivity contribution in [1.29, 1.82) is 5.26 Å². The lowest BCUT2D eigenvalue weighted by Crippen LogP contribution is -2.27. The summed E-state index contributed by atoms with van der Waals surface area (Å²) >= 11 is 0. The van der Waals surface area contributed by atoms with Gasteiger partial charge in [-0.05, 0) is 38.0 Å². The van der Waals surface area contributed by atoms with Gasteiger partial charge >= 0.3 is 0 Å². The minimum absolute atomic E-state index is 0.0447. The van der Waals surface area contributed by atoms with Gasteiger partial charge in [0.05, 0.1) is 23.8 Å². The van der Waals surface area contributed by atoms with Gasteiger partial charge in [0.1, 0.15) is 0 Å². The lowest BCUT2D eigenvalue weighted by molar-refractivity contribution is 0.00717. The monoisotopic (exact) mass is 230 g/mol. The first-order chi connectivity index (χ1) is 8.19. The van der Waals surface area contributed by atoms with Crippen LogP contribution in [0.3, 0.4) is 0 Å². The van der Waals surface area contributed by atoms with Gasteiger partial charge in [0.2, 0.25) is 0 Å². The molecule has 0 amide bonds. The number of nitriles is 1. The Hall–Kier alpha value is -1.37. The van der Waals surface area contributed by atoms with Crippen LogP contribution in [-0.4, -0.2) is 18.7 Å². The molecule has 0 aromatic heterocycles. The van der Waals surface area contributed by atoms with Gasteiger partial charge in [-0.1, -0.05) is 12.1 Å². The number of nitrogens with zero attached hydrogens (tertiary/aromatic N) is 1. The van der Waals surface area contributed by atoms with Crippen molar-refractivity contribution in [2.75, 3.05) is 6.54 Å². The molecule has 0 saturated carbocycles. The summed E-state index contributed by atoms with van der Waals surface area (Å²) in [6.07, 6.45) is 1.31. The predicted molar refractivity (Wildman–Crippen MR) is 66.5 cm³/mol. The maximum atomic E-state index is 8.90. The Morgan fingerprint density at radius 1 is 1.41 bits per heavy atom. The molecule has 0 radical (unpaired) electrons. The summed E-state index contributed by atoms with van der Waals surface area (Å²) in [4.78, 5) is 0. The van der Waals surface area contributed by atoms with Crippen molar-refractivity contribution < 1.29 is 4.74 Å². The molecule has 1 aromatic rings. The normalized spacial score (nSPS) is 29.4. The molecule has 1 fully saturated rings. The Kier molecular flexibility index (Phi) is 3.78. The minimum Gasteiger partial charge on any atom is -0.369 e. The van der Waals surface area contributed by atoms with Crippen LogP contribution in [0.2, 0.25) is 0 Å². The molecule has 0 bridgehead atoms. The minimum atomic E-state index is 0.0447.